The van der Waals surface area contributed by atoms with E-state index in [1.165, 1.54) is 24.8 Å². The summed E-state index contributed by atoms with van der Waals surface area (Å²) in [5.74, 6) is 2.06. The summed E-state index contributed by atoms with van der Waals surface area (Å²) < 4.78 is 5.62. The second-order valence-corrected chi connectivity index (χ2v) is 12.4. The number of amides is 2. The predicted molar refractivity (Wildman–Crippen MR) is 148 cm³/mol. The van der Waals surface area contributed by atoms with Gasteiger partial charge in [0.2, 0.25) is 11.8 Å². The Balaban J connectivity index is 1.29. The minimum atomic E-state index is -0.0235. The number of piperidine rings is 1. The third-order valence-electron chi connectivity index (χ3n) is 9.75. The normalized spacial score (nSPS) is 33.8. The van der Waals surface area contributed by atoms with E-state index in [9.17, 15) is 9.59 Å². The molecule has 6 unspecified atom stereocenters. The van der Waals surface area contributed by atoms with Crippen molar-refractivity contribution in [2.24, 2.45) is 29.6 Å². The Labute approximate surface area is 225 Å². The molecule has 0 bridgehead atoms. The van der Waals surface area contributed by atoms with Gasteiger partial charge in [-0.3, -0.25) is 14.5 Å². The van der Waals surface area contributed by atoms with Crippen molar-refractivity contribution >= 4 is 11.8 Å². The van der Waals surface area contributed by atoms with Crippen LogP contribution in [-0.4, -0.2) is 80.3 Å². The van der Waals surface area contributed by atoms with Gasteiger partial charge in [-0.1, -0.05) is 38.3 Å². The number of allylic oxidation sites excluding steroid dienone is 1. The maximum absolute atomic E-state index is 13.3. The first-order valence-corrected chi connectivity index (χ1v) is 15.1. The molecule has 0 aromatic rings. The summed E-state index contributed by atoms with van der Waals surface area (Å²) in [6.45, 7) is 12.2. The molecule has 0 radical (unpaired) electrons. The van der Waals surface area contributed by atoms with Crippen molar-refractivity contribution < 1.29 is 14.3 Å². The molecule has 2 amide bonds. The van der Waals surface area contributed by atoms with Crippen LogP contribution in [0.25, 0.3) is 0 Å². The van der Waals surface area contributed by atoms with Gasteiger partial charge in [-0.2, -0.15) is 0 Å². The maximum Gasteiger partial charge on any atom is 0.225 e. The number of piperazine rings is 1. The lowest BCUT2D eigenvalue weighted by Gasteiger charge is -2.42. The summed E-state index contributed by atoms with van der Waals surface area (Å²) in [7, 11) is 1.73. The van der Waals surface area contributed by atoms with E-state index in [2.05, 4.69) is 47.3 Å². The van der Waals surface area contributed by atoms with E-state index in [4.69, 9.17) is 4.74 Å². The minimum Gasteiger partial charge on any atom is -0.381 e. The first kappa shape index (κ1) is 28.6. The van der Waals surface area contributed by atoms with Gasteiger partial charge in [0.1, 0.15) is 0 Å². The van der Waals surface area contributed by atoms with Gasteiger partial charge in [-0.05, 0) is 75.7 Å². The van der Waals surface area contributed by atoms with Crippen LogP contribution in [0.2, 0.25) is 0 Å². The van der Waals surface area contributed by atoms with Crippen LogP contribution < -0.4 is 10.6 Å². The molecule has 0 aromatic carbocycles. The van der Waals surface area contributed by atoms with Crippen molar-refractivity contribution in [1.29, 1.82) is 0 Å². The molecule has 2 aliphatic heterocycles. The number of carbonyl (C=O) groups excluding carboxylic acids is 2. The molecule has 2 N–H and O–H groups in total. The first-order valence-electron chi connectivity index (χ1n) is 15.1. The highest BCUT2D eigenvalue weighted by atomic mass is 16.5. The third-order valence-corrected chi connectivity index (χ3v) is 9.75. The van der Waals surface area contributed by atoms with Gasteiger partial charge in [0.15, 0.2) is 0 Å². The standard InChI is InChI=1S/C30H52N4O3/c1-21(2)26-18-23(19-29(35)34-15-13-33(14-16-34)28-11-7-8-12-31-28)22(3)17-24(26)20-32-30(36)25-9-5-6-10-27(25)37-4/h17,21,23-28,31H,5-16,18-20H2,1-4H3,(H,32,36). The average molecular weight is 517 g/mol. The van der Waals surface area contributed by atoms with Crippen molar-refractivity contribution in [3.05, 3.63) is 11.6 Å². The average Bonchev–Trinajstić information content (AvgIpc) is 2.93. The molecule has 3 fully saturated rings. The summed E-state index contributed by atoms with van der Waals surface area (Å²) in [5.41, 5.74) is 1.32. The summed E-state index contributed by atoms with van der Waals surface area (Å²) in [6, 6.07) is 0. The van der Waals surface area contributed by atoms with Gasteiger partial charge < -0.3 is 20.3 Å². The van der Waals surface area contributed by atoms with Gasteiger partial charge in [-0.15, -0.1) is 0 Å². The van der Waals surface area contributed by atoms with E-state index in [1.54, 1.807) is 7.11 Å². The first-order chi connectivity index (χ1) is 17.9. The SMILES string of the molecule is COC1CCCCC1C(=O)NCC1C=C(C)C(CC(=O)N2CCN(C3CCCCN3)CC2)CC1C(C)C. The Morgan fingerprint density at radius 2 is 1.81 bits per heavy atom. The number of nitrogens with one attached hydrogen (secondary N) is 2. The zero-order chi connectivity index (χ0) is 26.4. The van der Waals surface area contributed by atoms with Crippen molar-refractivity contribution in [3.63, 3.8) is 0 Å². The minimum absolute atomic E-state index is 0.0235. The summed E-state index contributed by atoms with van der Waals surface area (Å²) >= 11 is 0. The Morgan fingerprint density at radius 1 is 1.08 bits per heavy atom. The highest BCUT2D eigenvalue weighted by molar-refractivity contribution is 5.79. The molecule has 0 aromatic heterocycles. The van der Waals surface area contributed by atoms with E-state index < -0.39 is 0 Å². The van der Waals surface area contributed by atoms with Crippen LogP contribution in [0.4, 0.5) is 0 Å². The molecule has 2 heterocycles. The zero-order valence-corrected chi connectivity index (χ0v) is 23.8. The van der Waals surface area contributed by atoms with E-state index >= 15 is 0 Å². The zero-order valence-electron chi connectivity index (χ0n) is 23.8. The molecule has 6 atom stereocenters. The van der Waals surface area contributed by atoms with Crippen LogP contribution in [0.15, 0.2) is 11.6 Å². The number of hydrogen-bond acceptors (Lipinski definition) is 5. The van der Waals surface area contributed by atoms with E-state index in [0.717, 1.165) is 64.8 Å². The van der Waals surface area contributed by atoms with Crippen molar-refractivity contribution in [1.82, 2.24) is 20.4 Å². The summed E-state index contributed by atoms with van der Waals surface area (Å²) in [6.07, 6.45) is 12.5. The molecule has 7 heteroatoms. The Kier molecular flexibility index (Phi) is 10.5. The van der Waals surface area contributed by atoms with Gasteiger partial charge in [-0.25, -0.2) is 0 Å². The van der Waals surface area contributed by atoms with E-state index in [0.29, 0.717) is 48.7 Å². The molecule has 37 heavy (non-hydrogen) atoms. The quantitative estimate of drug-likeness (QED) is 0.480. The smallest absolute Gasteiger partial charge is 0.225 e. The summed E-state index contributed by atoms with van der Waals surface area (Å²) in [4.78, 5) is 30.9. The second-order valence-electron chi connectivity index (χ2n) is 12.4. The lowest BCUT2D eigenvalue weighted by atomic mass is 9.69. The number of ether oxygens (including phenoxy) is 1. The second kappa shape index (κ2) is 13.6. The number of methoxy groups -OCH3 is 1. The van der Waals surface area contributed by atoms with Crippen LogP contribution in [0.5, 0.6) is 0 Å². The van der Waals surface area contributed by atoms with Gasteiger partial charge in [0, 0.05) is 46.3 Å². The molecule has 0 spiro atoms. The number of rotatable bonds is 8. The molecular formula is C30H52N4O3. The fraction of sp³-hybridized carbons (Fsp3) is 0.867. The van der Waals surface area contributed by atoms with Crippen molar-refractivity contribution in [2.45, 2.75) is 90.8 Å². The molecule has 4 aliphatic rings. The Bertz CT molecular complexity index is 786. The molecule has 2 aliphatic carbocycles. The molecule has 1 saturated carbocycles. The maximum atomic E-state index is 13.3. The van der Waals surface area contributed by atoms with Gasteiger partial charge >= 0.3 is 0 Å². The molecule has 7 nitrogen and oxygen atoms in total. The van der Waals surface area contributed by atoms with Crippen LogP contribution in [0, 0.1) is 29.6 Å². The van der Waals surface area contributed by atoms with Crippen LogP contribution in [0.1, 0.15) is 78.6 Å². The fourth-order valence-electron chi connectivity index (χ4n) is 7.30. The highest BCUT2D eigenvalue weighted by Gasteiger charge is 2.36. The lowest BCUT2D eigenvalue weighted by molar-refractivity contribution is -0.134. The third kappa shape index (κ3) is 7.36. The highest BCUT2D eigenvalue weighted by Crippen LogP contribution is 2.39. The molecule has 210 valence electrons. The monoisotopic (exact) mass is 516 g/mol. The largest absolute Gasteiger partial charge is 0.381 e. The molecule has 2 saturated heterocycles. The predicted octanol–water partition coefficient (Wildman–Crippen LogP) is 3.80. The van der Waals surface area contributed by atoms with E-state index in [1.807, 2.05) is 0 Å². The topological polar surface area (TPSA) is 73.9 Å². The van der Waals surface area contributed by atoms with Crippen LogP contribution >= 0.6 is 0 Å². The number of nitrogens with zero attached hydrogens (tertiary/aromatic N) is 2. The molecule has 4 rings (SSSR count). The van der Waals surface area contributed by atoms with Crippen LogP contribution in [-0.2, 0) is 14.3 Å². The lowest BCUT2D eigenvalue weighted by Crippen LogP contribution is -2.57. The van der Waals surface area contributed by atoms with Crippen LogP contribution in [0.3, 0.4) is 0 Å². The Morgan fingerprint density at radius 3 is 2.49 bits per heavy atom. The van der Waals surface area contributed by atoms with E-state index in [-0.39, 0.29) is 17.9 Å². The number of carbonyl (C=O) groups is 2. The summed E-state index contributed by atoms with van der Waals surface area (Å²) in [5, 5.41) is 6.93. The fourth-order valence-corrected chi connectivity index (χ4v) is 7.30. The van der Waals surface area contributed by atoms with Crippen molar-refractivity contribution in [2.75, 3.05) is 46.4 Å². The van der Waals surface area contributed by atoms with Gasteiger partial charge in [0.05, 0.1) is 18.2 Å². The van der Waals surface area contributed by atoms with Gasteiger partial charge in [0.25, 0.3) is 0 Å². The van der Waals surface area contributed by atoms with Crippen molar-refractivity contribution in [3.8, 4) is 0 Å². The number of hydrogen-bond donors (Lipinski definition) is 2. The Hall–Kier alpha value is -1.44. The molecular weight excluding hydrogens is 464 g/mol.